The summed E-state index contributed by atoms with van der Waals surface area (Å²) in [5.41, 5.74) is -0.0646. The van der Waals surface area contributed by atoms with E-state index in [2.05, 4.69) is 31.2 Å². The fourth-order valence-corrected chi connectivity index (χ4v) is 1.65. The van der Waals surface area contributed by atoms with Crippen LogP contribution in [-0.2, 0) is 0 Å². The van der Waals surface area contributed by atoms with E-state index in [0.717, 1.165) is 4.47 Å². The number of carbonyl (C=O) groups excluding carboxylic acids is 1. The Balaban J connectivity index is 2.25. The molecule has 19 heavy (non-hydrogen) atoms. The van der Waals surface area contributed by atoms with Gasteiger partial charge in [-0.1, -0.05) is 15.9 Å². The molecule has 1 heterocycles. The number of hydrogen-bond acceptors (Lipinski definition) is 4. The standard InChI is InChI=1S/C12H8BrN3O3/c13-7-1-3-8(4-2-7)16-11(17)9-10(12(18)19)15-6-5-14-9/h1-6H,(H,16,17)(H,18,19). The highest BCUT2D eigenvalue weighted by Crippen LogP contribution is 2.15. The number of benzene rings is 1. The Morgan fingerprint density at radius 1 is 1.05 bits per heavy atom. The molecule has 1 aromatic heterocycles. The van der Waals surface area contributed by atoms with Crippen LogP contribution in [0.1, 0.15) is 21.0 Å². The third-order valence-electron chi connectivity index (χ3n) is 2.22. The Labute approximate surface area is 116 Å². The number of nitrogens with one attached hydrogen (secondary N) is 1. The molecule has 0 spiro atoms. The average Bonchev–Trinajstić information content (AvgIpc) is 2.41. The SMILES string of the molecule is O=C(O)c1nccnc1C(=O)Nc1ccc(Br)cc1. The normalized spacial score (nSPS) is 9.95. The predicted octanol–water partition coefficient (Wildman–Crippen LogP) is 2.19. The first kappa shape index (κ1) is 13.2. The van der Waals surface area contributed by atoms with Crippen molar-refractivity contribution in [3.05, 3.63) is 52.5 Å². The van der Waals surface area contributed by atoms with Crippen molar-refractivity contribution in [3.8, 4) is 0 Å². The minimum absolute atomic E-state index is 0.224. The van der Waals surface area contributed by atoms with Crippen molar-refractivity contribution in [1.82, 2.24) is 9.97 Å². The van der Waals surface area contributed by atoms with Crippen molar-refractivity contribution >= 4 is 33.5 Å². The zero-order chi connectivity index (χ0) is 13.8. The van der Waals surface area contributed by atoms with Crippen LogP contribution in [0.15, 0.2) is 41.1 Å². The van der Waals surface area contributed by atoms with Gasteiger partial charge in [0.25, 0.3) is 5.91 Å². The molecule has 0 unspecified atom stereocenters. The molecule has 0 saturated carbocycles. The Morgan fingerprint density at radius 3 is 2.21 bits per heavy atom. The van der Waals surface area contributed by atoms with Crippen LogP contribution < -0.4 is 5.32 Å². The quantitative estimate of drug-likeness (QED) is 0.904. The maximum atomic E-state index is 11.9. The van der Waals surface area contributed by atoms with Crippen LogP contribution in [0, 0.1) is 0 Å². The highest BCUT2D eigenvalue weighted by molar-refractivity contribution is 9.10. The van der Waals surface area contributed by atoms with Crippen molar-refractivity contribution in [2.45, 2.75) is 0 Å². The zero-order valence-corrected chi connectivity index (χ0v) is 11.1. The van der Waals surface area contributed by atoms with E-state index in [9.17, 15) is 9.59 Å². The molecular weight excluding hydrogens is 314 g/mol. The number of aromatic nitrogens is 2. The van der Waals surface area contributed by atoms with Crippen molar-refractivity contribution in [2.24, 2.45) is 0 Å². The summed E-state index contributed by atoms with van der Waals surface area (Å²) in [5, 5.41) is 11.5. The van der Waals surface area contributed by atoms with Crippen molar-refractivity contribution in [3.63, 3.8) is 0 Å². The summed E-state index contributed by atoms with van der Waals surface area (Å²) in [5.74, 6) is -1.91. The molecule has 6 nitrogen and oxygen atoms in total. The van der Waals surface area contributed by atoms with Gasteiger partial charge in [0, 0.05) is 22.6 Å². The van der Waals surface area contributed by atoms with Gasteiger partial charge in [-0.3, -0.25) is 4.79 Å². The molecule has 7 heteroatoms. The molecule has 0 aliphatic rings. The zero-order valence-electron chi connectivity index (χ0n) is 9.50. The van der Waals surface area contributed by atoms with Gasteiger partial charge in [-0.05, 0) is 24.3 Å². The van der Waals surface area contributed by atoms with Gasteiger partial charge in [0.1, 0.15) is 0 Å². The Bertz CT molecular complexity index is 628. The third kappa shape index (κ3) is 3.14. The van der Waals surface area contributed by atoms with E-state index in [-0.39, 0.29) is 11.4 Å². The molecular formula is C12H8BrN3O3. The van der Waals surface area contributed by atoms with Gasteiger partial charge in [-0.2, -0.15) is 0 Å². The van der Waals surface area contributed by atoms with E-state index in [4.69, 9.17) is 5.11 Å². The Morgan fingerprint density at radius 2 is 1.63 bits per heavy atom. The number of carboxylic acid groups (broad SMARTS) is 1. The van der Waals surface area contributed by atoms with Crippen LogP contribution in [-0.4, -0.2) is 27.0 Å². The van der Waals surface area contributed by atoms with E-state index < -0.39 is 11.9 Å². The number of aromatic carboxylic acids is 1. The van der Waals surface area contributed by atoms with E-state index in [1.54, 1.807) is 24.3 Å². The van der Waals surface area contributed by atoms with Gasteiger partial charge in [-0.25, -0.2) is 14.8 Å². The van der Waals surface area contributed by atoms with Gasteiger partial charge in [0.05, 0.1) is 0 Å². The van der Waals surface area contributed by atoms with E-state index in [0.29, 0.717) is 5.69 Å². The summed E-state index contributed by atoms with van der Waals surface area (Å²) in [6.45, 7) is 0. The first-order valence-corrected chi connectivity index (χ1v) is 5.98. The summed E-state index contributed by atoms with van der Waals surface area (Å²) in [4.78, 5) is 30.2. The lowest BCUT2D eigenvalue weighted by molar-refractivity contribution is 0.0685. The molecule has 2 rings (SSSR count). The van der Waals surface area contributed by atoms with Gasteiger partial charge < -0.3 is 10.4 Å². The minimum Gasteiger partial charge on any atom is -0.476 e. The molecule has 0 bridgehead atoms. The lowest BCUT2D eigenvalue weighted by atomic mass is 10.2. The largest absolute Gasteiger partial charge is 0.476 e. The fourth-order valence-electron chi connectivity index (χ4n) is 1.38. The number of halogens is 1. The molecule has 1 aromatic carbocycles. The van der Waals surface area contributed by atoms with Gasteiger partial charge in [-0.15, -0.1) is 0 Å². The highest BCUT2D eigenvalue weighted by Gasteiger charge is 2.19. The number of carbonyl (C=O) groups is 2. The average molecular weight is 322 g/mol. The van der Waals surface area contributed by atoms with Gasteiger partial charge in [0.15, 0.2) is 11.4 Å². The first-order valence-electron chi connectivity index (χ1n) is 5.19. The fraction of sp³-hybridized carbons (Fsp3) is 0. The van der Waals surface area contributed by atoms with Crippen LogP contribution in [0.2, 0.25) is 0 Å². The van der Waals surface area contributed by atoms with E-state index in [1.165, 1.54) is 12.4 Å². The molecule has 1 amide bonds. The molecule has 0 aliphatic carbocycles. The number of anilines is 1. The first-order chi connectivity index (χ1) is 9.08. The summed E-state index contributed by atoms with van der Waals surface area (Å²) in [6, 6.07) is 6.87. The Hall–Kier alpha value is -2.28. The number of amides is 1. The summed E-state index contributed by atoms with van der Waals surface area (Å²) >= 11 is 3.27. The molecule has 0 atom stereocenters. The second-order valence-electron chi connectivity index (χ2n) is 3.52. The van der Waals surface area contributed by atoms with Crippen LogP contribution in [0.3, 0.4) is 0 Å². The molecule has 0 saturated heterocycles. The summed E-state index contributed by atoms with van der Waals surface area (Å²) in [6.07, 6.45) is 2.49. The molecule has 96 valence electrons. The maximum Gasteiger partial charge on any atom is 0.356 e. The molecule has 2 N–H and O–H groups in total. The van der Waals surface area contributed by atoms with E-state index in [1.807, 2.05) is 0 Å². The number of carboxylic acids is 1. The number of hydrogen-bond donors (Lipinski definition) is 2. The Kier molecular flexibility index (Phi) is 3.86. The van der Waals surface area contributed by atoms with Crippen molar-refractivity contribution in [2.75, 3.05) is 5.32 Å². The van der Waals surface area contributed by atoms with Crippen molar-refractivity contribution < 1.29 is 14.7 Å². The maximum absolute atomic E-state index is 11.9. The van der Waals surface area contributed by atoms with E-state index >= 15 is 0 Å². The number of rotatable bonds is 3. The summed E-state index contributed by atoms with van der Waals surface area (Å²) in [7, 11) is 0. The van der Waals surface area contributed by atoms with Crippen molar-refractivity contribution in [1.29, 1.82) is 0 Å². The smallest absolute Gasteiger partial charge is 0.356 e. The van der Waals surface area contributed by atoms with Crippen LogP contribution in [0.4, 0.5) is 5.69 Å². The lowest BCUT2D eigenvalue weighted by Gasteiger charge is -2.06. The van der Waals surface area contributed by atoms with Gasteiger partial charge >= 0.3 is 5.97 Å². The highest BCUT2D eigenvalue weighted by atomic mass is 79.9. The third-order valence-corrected chi connectivity index (χ3v) is 2.75. The van der Waals surface area contributed by atoms with Gasteiger partial charge in [0.2, 0.25) is 0 Å². The topological polar surface area (TPSA) is 92.2 Å². The minimum atomic E-state index is -1.30. The predicted molar refractivity (Wildman–Crippen MR) is 71.1 cm³/mol. The molecule has 2 aromatic rings. The molecule has 0 radical (unpaired) electrons. The van der Waals surface area contributed by atoms with Crippen LogP contribution in [0.25, 0.3) is 0 Å². The molecule has 0 fully saturated rings. The summed E-state index contributed by atoms with van der Waals surface area (Å²) < 4.78 is 0.872. The lowest BCUT2D eigenvalue weighted by Crippen LogP contribution is -2.19. The second-order valence-corrected chi connectivity index (χ2v) is 4.44. The number of nitrogens with zero attached hydrogens (tertiary/aromatic N) is 2. The van der Waals surface area contributed by atoms with Crippen LogP contribution >= 0.6 is 15.9 Å². The van der Waals surface area contributed by atoms with Crippen LogP contribution in [0.5, 0.6) is 0 Å². The monoisotopic (exact) mass is 321 g/mol. The second kappa shape index (κ2) is 5.57. The molecule has 0 aliphatic heterocycles.